The lowest BCUT2D eigenvalue weighted by molar-refractivity contribution is -0.0498. The van der Waals surface area contributed by atoms with E-state index in [-0.39, 0.29) is 5.75 Å². The van der Waals surface area contributed by atoms with Gasteiger partial charge in [-0.25, -0.2) is 10.4 Å². The van der Waals surface area contributed by atoms with Crippen LogP contribution in [0, 0.1) is 6.92 Å². The molecule has 0 unspecified atom stereocenters. The first kappa shape index (κ1) is 23.3. The molecule has 0 aliphatic carbocycles. The Morgan fingerprint density at radius 3 is 2.47 bits per heavy atom. The van der Waals surface area contributed by atoms with Crippen molar-refractivity contribution in [1.82, 2.24) is 20.2 Å². The van der Waals surface area contributed by atoms with Gasteiger partial charge in [-0.05, 0) is 61.9 Å². The summed E-state index contributed by atoms with van der Waals surface area (Å²) in [4.78, 5) is 17.8. The van der Waals surface area contributed by atoms with E-state index in [1.54, 1.807) is 55.9 Å². The van der Waals surface area contributed by atoms with Crippen LogP contribution in [0.3, 0.4) is 0 Å². The largest absolute Gasteiger partial charge is 0.435 e. The molecule has 34 heavy (non-hydrogen) atoms. The molecule has 0 bridgehead atoms. The molecular weight excluding hydrogens is 464 g/mol. The molecule has 1 N–H and O–H groups in total. The van der Waals surface area contributed by atoms with Gasteiger partial charge in [-0.2, -0.15) is 19.0 Å². The molecule has 7 nitrogen and oxygen atoms in total. The van der Waals surface area contributed by atoms with Crippen molar-refractivity contribution >= 4 is 34.3 Å². The van der Waals surface area contributed by atoms with Gasteiger partial charge in [0.2, 0.25) is 0 Å². The number of fused-ring (bicyclic) bond motifs is 1. The maximum atomic E-state index is 13.2. The van der Waals surface area contributed by atoms with Crippen LogP contribution in [0.1, 0.15) is 28.5 Å². The van der Waals surface area contributed by atoms with Crippen LogP contribution in [0.25, 0.3) is 22.3 Å². The van der Waals surface area contributed by atoms with Gasteiger partial charge in [0.05, 0.1) is 28.0 Å². The number of ether oxygens (including phenoxy) is 1. The summed E-state index contributed by atoms with van der Waals surface area (Å²) in [6.07, 6.45) is 0. The zero-order valence-corrected chi connectivity index (χ0v) is 19.3. The van der Waals surface area contributed by atoms with Gasteiger partial charge in [-0.1, -0.05) is 23.7 Å². The second kappa shape index (κ2) is 9.56. The number of hydrogen-bond donors (Lipinski definition) is 1. The lowest BCUT2D eigenvalue weighted by Gasteiger charge is -2.09. The van der Waals surface area contributed by atoms with Gasteiger partial charge in [0.25, 0.3) is 5.91 Å². The summed E-state index contributed by atoms with van der Waals surface area (Å²) in [5.41, 5.74) is 6.68. The molecule has 2 aromatic carbocycles. The molecule has 0 saturated carbocycles. The van der Waals surface area contributed by atoms with Crippen LogP contribution in [0.2, 0.25) is 5.02 Å². The Labute approximate surface area is 199 Å². The van der Waals surface area contributed by atoms with Crippen molar-refractivity contribution < 1.29 is 18.3 Å². The number of carbonyl (C=O) groups is 1. The zero-order valence-electron chi connectivity index (χ0n) is 18.5. The third kappa shape index (κ3) is 4.89. The first-order valence-electron chi connectivity index (χ1n) is 10.2. The Hall–Kier alpha value is -3.85. The third-order valence-electron chi connectivity index (χ3n) is 5.18. The number of alkyl halides is 2. The number of hydrazone groups is 1. The van der Waals surface area contributed by atoms with Crippen LogP contribution in [0.5, 0.6) is 5.75 Å². The summed E-state index contributed by atoms with van der Waals surface area (Å²) in [5, 5.41) is 9.81. The van der Waals surface area contributed by atoms with E-state index in [2.05, 4.69) is 25.3 Å². The van der Waals surface area contributed by atoms with E-state index in [4.69, 9.17) is 11.6 Å². The first-order chi connectivity index (χ1) is 16.2. The highest BCUT2D eigenvalue weighted by Crippen LogP contribution is 2.27. The number of nitrogens with zero attached hydrogens (tertiary/aromatic N) is 4. The Kier molecular flexibility index (Phi) is 6.56. The van der Waals surface area contributed by atoms with Gasteiger partial charge in [-0.3, -0.25) is 9.48 Å². The molecule has 10 heteroatoms. The number of rotatable bonds is 6. The molecule has 0 aliphatic heterocycles. The van der Waals surface area contributed by atoms with Crippen LogP contribution in [-0.4, -0.2) is 33.0 Å². The van der Waals surface area contributed by atoms with E-state index < -0.39 is 12.5 Å². The summed E-state index contributed by atoms with van der Waals surface area (Å²) < 4.78 is 30.6. The van der Waals surface area contributed by atoms with E-state index in [0.717, 1.165) is 5.56 Å². The smallest absolute Gasteiger partial charge is 0.387 e. The van der Waals surface area contributed by atoms with Crippen LogP contribution < -0.4 is 10.2 Å². The molecule has 4 aromatic rings. The number of halogens is 3. The van der Waals surface area contributed by atoms with Crippen molar-refractivity contribution in [3.8, 4) is 17.0 Å². The molecule has 0 aliphatic rings. The monoisotopic (exact) mass is 483 g/mol. The molecule has 1 amide bonds. The van der Waals surface area contributed by atoms with Gasteiger partial charge >= 0.3 is 6.61 Å². The predicted molar refractivity (Wildman–Crippen MR) is 126 cm³/mol. The van der Waals surface area contributed by atoms with Crippen molar-refractivity contribution in [2.24, 2.45) is 12.1 Å². The lowest BCUT2D eigenvalue weighted by Crippen LogP contribution is -2.20. The number of amides is 1. The standard InChI is InChI=1S/C24H20ClF2N5O2/c1-13(15-6-10-18(11-7-15)34-24(26)27)29-30-23(33)19-12-20(16-4-8-17(25)9-5-16)28-22-21(19)14(2)31-32(22)3/h4-12,24H,1-3H3,(H,30,33). The topological polar surface area (TPSA) is 81.4 Å². The number of carbonyl (C=O) groups excluding carboxylic acids is 1. The second-order valence-electron chi connectivity index (χ2n) is 7.51. The highest BCUT2D eigenvalue weighted by Gasteiger charge is 2.19. The Bertz CT molecular complexity index is 1380. The normalized spacial score (nSPS) is 11.8. The van der Waals surface area contributed by atoms with E-state index >= 15 is 0 Å². The Balaban J connectivity index is 1.65. The third-order valence-corrected chi connectivity index (χ3v) is 5.43. The van der Waals surface area contributed by atoms with Gasteiger partial charge < -0.3 is 4.74 Å². The summed E-state index contributed by atoms with van der Waals surface area (Å²) >= 11 is 6.00. The van der Waals surface area contributed by atoms with Gasteiger partial charge in [0.15, 0.2) is 5.65 Å². The summed E-state index contributed by atoms with van der Waals surface area (Å²) in [5.74, 6) is -0.396. The summed E-state index contributed by atoms with van der Waals surface area (Å²) in [6.45, 7) is 0.603. The molecule has 0 fully saturated rings. The minimum absolute atomic E-state index is 0.0385. The first-order valence-corrected chi connectivity index (χ1v) is 10.6. The molecular formula is C24H20ClF2N5O2. The number of aromatic nitrogens is 3. The Morgan fingerprint density at radius 1 is 1.15 bits per heavy atom. The minimum Gasteiger partial charge on any atom is -0.435 e. The molecule has 2 heterocycles. The predicted octanol–water partition coefficient (Wildman–Crippen LogP) is 5.35. The highest BCUT2D eigenvalue weighted by atomic mass is 35.5. The average molecular weight is 484 g/mol. The molecule has 174 valence electrons. The second-order valence-corrected chi connectivity index (χ2v) is 7.95. The van der Waals surface area contributed by atoms with E-state index in [1.807, 2.05) is 12.1 Å². The summed E-state index contributed by atoms with van der Waals surface area (Å²) in [7, 11) is 1.76. The fourth-order valence-corrected chi connectivity index (χ4v) is 3.66. The number of hydrogen-bond acceptors (Lipinski definition) is 5. The number of pyridine rings is 1. The fourth-order valence-electron chi connectivity index (χ4n) is 3.53. The molecule has 0 atom stereocenters. The Morgan fingerprint density at radius 2 is 1.82 bits per heavy atom. The van der Waals surface area contributed by atoms with Gasteiger partial charge in [0, 0.05) is 17.6 Å². The van der Waals surface area contributed by atoms with Crippen LogP contribution >= 0.6 is 11.6 Å². The van der Waals surface area contributed by atoms with Crippen molar-refractivity contribution in [1.29, 1.82) is 0 Å². The zero-order chi connectivity index (χ0) is 24.4. The number of nitrogens with one attached hydrogen (secondary N) is 1. The molecule has 4 rings (SSSR count). The van der Waals surface area contributed by atoms with Crippen molar-refractivity contribution in [2.45, 2.75) is 20.5 Å². The molecule has 0 spiro atoms. The van der Waals surface area contributed by atoms with Gasteiger partial charge in [0.1, 0.15) is 5.75 Å². The number of benzene rings is 2. The van der Waals surface area contributed by atoms with Crippen molar-refractivity contribution in [3.63, 3.8) is 0 Å². The van der Waals surface area contributed by atoms with Crippen molar-refractivity contribution in [2.75, 3.05) is 0 Å². The molecule has 2 aromatic heterocycles. The maximum Gasteiger partial charge on any atom is 0.387 e. The summed E-state index contributed by atoms with van der Waals surface area (Å²) in [6, 6.07) is 14.8. The van der Waals surface area contributed by atoms with E-state index in [0.29, 0.717) is 44.3 Å². The van der Waals surface area contributed by atoms with Crippen LogP contribution in [0.4, 0.5) is 8.78 Å². The van der Waals surface area contributed by atoms with E-state index in [1.165, 1.54) is 12.1 Å². The maximum absolute atomic E-state index is 13.2. The molecule has 0 radical (unpaired) electrons. The van der Waals surface area contributed by atoms with Gasteiger partial charge in [-0.15, -0.1) is 0 Å². The highest BCUT2D eigenvalue weighted by molar-refractivity contribution is 6.30. The molecule has 0 saturated heterocycles. The van der Waals surface area contributed by atoms with Crippen LogP contribution in [-0.2, 0) is 7.05 Å². The fraction of sp³-hybridized carbons (Fsp3) is 0.167. The quantitative estimate of drug-likeness (QED) is 0.296. The average Bonchev–Trinajstić information content (AvgIpc) is 3.10. The SMILES string of the molecule is CC(=NNC(=O)c1cc(-c2ccc(Cl)cc2)nc2c1c(C)nn2C)c1ccc(OC(F)F)cc1. The van der Waals surface area contributed by atoms with Crippen LogP contribution in [0.15, 0.2) is 59.7 Å². The van der Waals surface area contributed by atoms with Crippen molar-refractivity contribution in [3.05, 3.63) is 76.4 Å². The van der Waals surface area contributed by atoms with E-state index in [9.17, 15) is 13.6 Å². The minimum atomic E-state index is -2.90. The lowest BCUT2D eigenvalue weighted by atomic mass is 10.1. The number of aryl methyl sites for hydroxylation is 2.